The topological polar surface area (TPSA) is 8.81 Å². The molecule has 14 heteroatoms. The van der Waals surface area contributed by atoms with E-state index in [2.05, 4.69) is 18.4 Å². The van der Waals surface area contributed by atoms with E-state index < -0.39 is 36.8 Å². The fraction of sp³-hybridized carbons (Fsp3) is 0.679. The van der Waals surface area contributed by atoms with E-state index in [-0.39, 0.29) is 30.6 Å². The predicted molar refractivity (Wildman–Crippen MR) is 136 cm³/mol. The number of hydrogen-bond acceptors (Lipinski definition) is 0. The fourth-order valence-electron chi connectivity index (χ4n) is 4.75. The Morgan fingerprint density at radius 3 is 1.81 bits per heavy atom. The van der Waals surface area contributed by atoms with Crippen LogP contribution in [0.25, 0.3) is 0 Å². The second-order valence-electron chi connectivity index (χ2n) is 10.6. The molecular weight excluding hydrogens is 625 g/mol. The number of aryl methyl sites for hydroxylation is 1. The Labute approximate surface area is 250 Å². The van der Waals surface area contributed by atoms with E-state index in [4.69, 9.17) is 11.6 Å². The van der Waals surface area contributed by atoms with Gasteiger partial charge in [0.1, 0.15) is 24.8 Å². The quantitative estimate of drug-likeness (QED) is 0.0972. The summed E-state index contributed by atoms with van der Waals surface area (Å²) in [6.45, 7) is 5.18. The van der Waals surface area contributed by atoms with Crippen molar-refractivity contribution in [3.8, 4) is 0 Å². The van der Waals surface area contributed by atoms with Gasteiger partial charge in [-0.25, -0.2) is 13.5 Å². The summed E-state index contributed by atoms with van der Waals surface area (Å²) in [5, 5.41) is 0.366. The van der Waals surface area contributed by atoms with Crippen LogP contribution in [-0.4, -0.2) is 28.5 Å². The van der Waals surface area contributed by atoms with Crippen molar-refractivity contribution in [2.24, 2.45) is 0 Å². The molecule has 0 unspecified atom stereocenters. The number of hydrogen-bond donors (Lipinski definition) is 0. The summed E-state index contributed by atoms with van der Waals surface area (Å²) in [6, 6.07) is 4.59. The highest BCUT2D eigenvalue weighted by Gasteiger charge is 2.81. The molecule has 0 bridgehead atoms. The van der Waals surface area contributed by atoms with Gasteiger partial charge in [0.15, 0.2) is 0 Å². The van der Waals surface area contributed by atoms with Crippen LogP contribution in [0.4, 0.5) is 43.9 Å². The molecule has 0 amide bonds. The van der Waals surface area contributed by atoms with E-state index >= 15 is 0 Å². The van der Waals surface area contributed by atoms with Gasteiger partial charge < -0.3 is 12.4 Å². The zero-order valence-corrected chi connectivity index (χ0v) is 24.9. The molecule has 0 radical (unpaired) electrons. The maximum Gasteiger partial charge on any atom is 0.460 e. The van der Waals surface area contributed by atoms with E-state index in [9.17, 15) is 43.9 Å². The molecule has 1 heterocycles. The summed E-state index contributed by atoms with van der Waals surface area (Å²) in [5.41, 5.74) is 0.425. The maximum atomic E-state index is 14.3. The lowest BCUT2D eigenvalue weighted by Crippen LogP contribution is -3.00. The van der Waals surface area contributed by atoms with Crippen molar-refractivity contribution < 1.29 is 60.9 Å². The lowest BCUT2D eigenvalue weighted by Gasteiger charge is -2.33. The summed E-state index contributed by atoms with van der Waals surface area (Å²) in [7, 11) is 0. The van der Waals surface area contributed by atoms with Crippen molar-refractivity contribution in [1.29, 1.82) is 0 Å². The third kappa shape index (κ3) is 9.40. The fourth-order valence-corrected chi connectivity index (χ4v) is 4.97. The maximum absolute atomic E-state index is 14.3. The largest absolute Gasteiger partial charge is 1.00 e. The summed E-state index contributed by atoms with van der Waals surface area (Å²) >= 11 is 6.18. The van der Waals surface area contributed by atoms with Gasteiger partial charge in [-0.2, -0.15) is 39.5 Å². The second-order valence-corrected chi connectivity index (χ2v) is 11.0. The Hall–Kier alpha value is -1.69. The highest BCUT2D eigenvalue weighted by molar-refractivity contribution is 6.31. The molecule has 2 nitrogen and oxygen atoms in total. The van der Waals surface area contributed by atoms with Gasteiger partial charge in [0, 0.05) is 12.0 Å². The first kappa shape index (κ1) is 38.3. The van der Waals surface area contributed by atoms with Crippen molar-refractivity contribution in [1.82, 2.24) is 4.57 Å². The van der Waals surface area contributed by atoms with Crippen LogP contribution in [0.2, 0.25) is 5.02 Å². The zero-order chi connectivity index (χ0) is 31.1. The molecule has 0 atom stereocenters. The Morgan fingerprint density at radius 2 is 1.31 bits per heavy atom. The molecular formula is C28H36Cl2F10N2. The van der Waals surface area contributed by atoms with Crippen LogP contribution in [0.15, 0.2) is 30.6 Å². The van der Waals surface area contributed by atoms with Gasteiger partial charge in [0.25, 0.3) is 5.82 Å². The minimum absolute atomic E-state index is 0. The first-order valence-corrected chi connectivity index (χ1v) is 14.0. The lowest BCUT2D eigenvalue weighted by atomic mass is 9.97. The number of imidazole rings is 1. The molecule has 0 aliphatic rings. The molecule has 0 saturated heterocycles. The first-order valence-electron chi connectivity index (χ1n) is 13.7. The third-order valence-electron chi connectivity index (χ3n) is 7.02. The SMILES string of the molecule is CC(C)c1n(CCCCCCCCCCCC(F)(F)C(F)(F)C(F)(F)C(F)(F)F)cc[n+]1Cc1c(F)cccc1Cl.[Cl-]. The van der Waals surface area contributed by atoms with Crippen LogP contribution >= 0.6 is 11.6 Å². The normalized spacial score (nSPS) is 13.1. The van der Waals surface area contributed by atoms with Crippen molar-refractivity contribution >= 4 is 11.6 Å². The van der Waals surface area contributed by atoms with Gasteiger partial charge in [-0.05, 0) is 31.4 Å². The average Bonchev–Trinajstić information content (AvgIpc) is 3.26. The Balaban J connectivity index is 0.00000882. The number of rotatable bonds is 17. The molecule has 1 aromatic heterocycles. The van der Waals surface area contributed by atoms with Crippen molar-refractivity contribution in [3.05, 3.63) is 52.8 Å². The lowest BCUT2D eigenvalue weighted by molar-refractivity contribution is -0.696. The van der Waals surface area contributed by atoms with Crippen LogP contribution in [0.5, 0.6) is 0 Å². The zero-order valence-electron chi connectivity index (χ0n) is 23.4. The molecule has 0 aliphatic carbocycles. The van der Waals surface area contributed by atoms with Crippen molar-refractivity contribution in [2.45, 2.75) is 121 Å². The predicted octanol–water partition coefficient (Wildman–Crippen LogP) is 7.11. The average molecular weight is 661 g/mol. The molecule has 1 aromatic carbocycles. The summed E-state index contributed by atoms with van der Waals surface area (Å²) in [6.07, 6.45) is 0.0495. The minimum Gasteiger partial charge on any atom is -1.00 e. The second kappa shape index (κ2) is 15.9. The van der Waals surface area contributed by atoms with E-state index in [1.807, 2.05) is 17.0 Å². The number of benzene rings is 1. The van der Waals surface area contributed by atoms with Crippen LogP contribution in [0.1, 0.15) is 95.4 Å². The molecule has 0 fully saturated rings. The standard InChI is InChI=1S/C28H36ClF10N2.ClH/c1-20(2)24-40(17-18-41(24)19-21-22(29)13-12-14-23(21)30)16-11-9-7-5-3-4-6-8-10-15-25(31,32)26(33,34)27(35,36)28(37,38)39;/h12-14,17-18,20H,3-11,15-16,19H2,1-2H3;1H/q+1;/p-1. The summed E-state index contributed by atoms with van der Waals surface area (Å²) in [4.78, 5) is 0. The van der Waals surface area contributed by atoms with Gasteiger partial charge in [0.2, 0.25) is 0 Å². The Morgan fingerprint density at radius 1 is 0.786 bits per heavy atom. The first-order chi connectivity index (χ1) is 18.9. The minimum atomic E-state index is -6.82. The number of halogens is 12. The van der Waals surface area contributed by atoms with Crippen molar-refractivity contribution in [2.75, 3.05) is 0 Å². The van der Waals surface area contributed by atoms with Crippen LogP contribution in [0.3, 0.4) is 0 Å². The van der Waals surface area contributed by atoms with E-state index in [0.717, 1.165) is 44.5 Å². The van der Waals surface area contributed by atoms with E-state index in [1.165, 1.54) is 6.07 Å². The number of aromatic nitrogens is 2. The summed E-state index contributed by atoms with van der Waals surface area (Å²) in [5.74, 6) is -18.0. The molecule has 0 N–H and O–H groups in total. The molecule has 0 spiro atoms. The van der Waals surface area contributed by atoms with Gasteiger partial charge in [-0.1, -0.05) is 70.0 Å². The van der Waals surface area contributed by atoms with E-state index in [1.54, 1.807) is 12.1 Å². The summed E-state index contributed by atoms with van der Waals surface area (Å²) < 4.78 is 134. The Bertz CT molecular complexity index is 1080. The van der Waals surface area contributed by atoms with Crippen LogP contribution in [-0.2, 0) is 13.1 Å². The molecule has 0 aliphatic heterocycles. The van der Waals surface area contributed by atoms with Gasteiger partial charge in [-0.3, -0.25) is 0 Å². The highest BCUT2D eigenvalue weighted by atomic mass is 35.5. The molecule has 2 aromatic rings. The molecule has 2 rings (SSSR count). The number of nitrogens with zero attached hydrogens (tertiary/aromatic N) is 2. The highest BCUT2D eigenvalue weighted by Crippen LogP contribution is 2.54. The number of alkyl halides is 9. The monoisotopic (exact) mass is 660 g/mol. The number of unbranched alkanes of at least 4 members (excludes halogenated alkanes) is 8. The smallest absolute Gasteiger partial charge is 0.460 e. The van der Waals surface area contributed by atoms with Crippen LogP contribution in [0, 0.1) is 5.82 Å². The van der Waals surface area contributed by atoms with Gasteiger partial charge >= 0.3 is 23.9 Å². The molecule has 42 heavy (non-hydrogen) atoms. The van der Waals surface area contributed by atoms with Crippen molar-refractivity contribution in [3.63, 3.8) is 0 Å². The van der Waals surface area contributed by atoms with Gasteiger partial charge in [-0.15, -0.1) is 0 Å². The third-order valence-corrected chi connectivity index (χ3v) is 7.38. The molecule has 0 saturated carbocycles. The van der Waals surface area contributed by atoms with Crippen LogP contribution < -0.4 is 17.0 Å². The Kier molecular flexibility index (Phi) is 14.5. The van der Waals surface area contributed by atoms with E-state index in [0.29, 0.717) is 30.0 Å². The molecule has 242 valence electrons. The van der Waals surface area contributed by atoms with Gasteiger partial charge in [0.05, 0.1) is 17.5 Å².